The molecule has 0 unspecified atom stereocenters. The molecule has 0 radical (unpaired) electrons. The summed E-state index contributed by atoms with van der Waals surface area (Å²) in [4.78, 5) is 26.9. The summed E-state index contributed by atoms with van der Waals surface area (Å²) in [5, 5.41) is 0. The maximum Gasteiger partial charge on any atom is 0.417 e. The normalized spacial score (nSPS) is 12.9. The lowest BCUT2D eigenvalue weighted by atomic mass is 9.90. The zero-order valence-corrected chi connectivity index (χ0v) is 12.0. The van der Waals surface area contributed by atoms with Crippen LogP contribution in [0.25, 0.3) is 0 Å². The lowest BCUT2D eigenvalue weighted by Gasteiger charge is -2.26. The molecule has 1 heterocycles. The SMILES string of the molecule is C[C@@H](OC(=O)C(=O)OCc1cncn1C)C(C)(C)C. The smallest absolute Gasteiger partial charge is 0.417 e. The second-order valence-electron chi connectivity index (χ2n) is 5.49. The van der Waals surface area contributed by atoms with Gasteiger partial charge in [-0.3, -0.25) is 0 Å². The highest BCUT2D eigenvalue weighted by atomic mass is 16.6. The first kappa shape index (κ1) is 15.2. The van der Waals surface area contributed by atoms with Crippen LogP contribution in [0.15, 0.2) is 12.5 Å². The molecule has 106 valence electrons. The van der Waals surface area contributed by atoms with Crippen LogP contribution in [0.2, 0.25) is 0 Å². The molecule has 0 saturated carbocycles. The van der Waals surface area contributed by atoms with Gasteiger partial charge in [-0.1, -0.05) is 20.8 Å². The van der Waals surface area contributed by atoms with Crippen LogP contribution in [-0.2, 0) is 32.7 Å². The van der Waals surface area contributed by atoms with Crippen molar-refractivity contribution in [2.75, 3.05) is 0 Å². The summed E-state index contributed by atoms with van der Waals surface area (Å²) in [7, 11) is 1.77. The van der Waals surface area contributed by atoms with Gasteiger partial charge in [-0.05, 0) is 12.3 Å². The maximum absolute atomic E-state index is 11.5. The van der Waals surface area contributed by atoms with Crippen molar-refractivity contribution in [1.82, 2.24) is 9.55 Å². The van der Waals surface area contributed by atoms with E-state index in [9.17, 15) is 9.59 Å². The Morgan fingerprint density at radius 3 is 2.47 bits per heavy atom. The van der Waals surface area contributed by atoms with Gasteiger partial charge in [0.2, 0.25) is 0 Å². The zero-order valence-electron chi connectivity index (χ0n) is 12.0. The molecule has 0 fully saturated rings. The summed E-state index contributed by atoms with van der Waals surface area (Å²) in [6, 6.07) is 0. The number of aryl methyl sites for hydroxylation is 1. The Morgan fingerprint density at radius 2 is 2.00 bits per heavy atom. The van der Waals surface area contributed by atoms with Crippen molar-refractivity contribution in [3.8, 4) is 0 Å². The molecule has 1 aromatic heterocycles. The molecular weight excluding hydrogens is 248 g/mol. The minimum atomic E-state index is -0.989. The molecular formula is C13H20N2O4. The van der Waals surface area contributed by atoms with E-state index < -0.39 is 11.9 Å². The van der Waals surface area contributed by atoms with E-state index in [4.69, 9.17) is 9.47 Å². The van der Waals surface area contributed by atoms with Crippen molar-refractivity contribution in [2.24, 2.45) is 12.5 Å². The number of nitrogens with zero attached hydrogens (tertiary/aromatic N) is 2. The van der Waals surface area contributed by atoms with Crippen molar-refractivity contribution in [1.29, 1.82) is 0 Å². The molecule has 6 nitrogen and oxygen atoms in total. The largest absolute Gasteiger partial charge is 0.454 e. The molecule has 1 atom stereocenters. The van der Waals surface area contributed by atoms with E-state index in [1.54, 1.807) is 31.1 Å². The molecule has 0 N–H and O–H groups in total. The quantitative estimate of drug-likeness (QED) is 0.613. The minimum absolute atomic E-state index is 0.00562. The molecule has 0 aliphatic heterocycles. The average Bonchev–Trinajstić information content (AvgIpc) is 2.70. The Hall–Kier alpha value is -1.85. The lowest BCUT2D eigenvalue weighted by molar-refractivity contribution is -0.174. The van der Waals surface area contributed by atoms with Crippen molar-refractivity contribution in [3.05, 3.63) is 18.2 Å². The van der Waals surface area contributed by atoms with Gasteiger partial charge in [0.15, 0.2) is 0 Å². The van der Waals surface area contributed by atoms with E-state index in [-0.39, 0.29) is 18.1 Å². The average molecular weight is 268 g/mol. The fourth-order valence-corrected chi connectivity index (χ4v) is 1.11. The molecule has 0 aromatic carbocycles. The Labute approximate surface area is 112 Å². The van der Waals surface area contributed by atoms with Crippen LogP contribution in [-0.4, -0.2) is 27.6 Å². The van der Waals surface area contributed by atoms with Crippen molar-refractivity contribution in [3.63, 3.8) is 0 Å². The summed E-state index contributed by atoms with van der Waals surface area (Å²) in [5.74, 6) is -1.96. The number of imidazole rings is 1. The van der Waals surface area contributed by atoms with Gasteiger partial charge in [-0.25, -0.2) is 14.6 Å². The fourth-order valence-electron chi connectivity index (χ4n) is 1.11. The number of carbonyl (C=O) groups excluding carboxylic acids is 2. The van der Waals surface area contributed by atoms with Crippen LogP contribution in [0.1, 0.15) is 33.4 Å². The van der Waals surface area contributed by atoms with E-state index in [1.165, 1.54) is 0 Å². The fraction of sp³-hybridized carbons (Fsp3) is 0.615. The van der Waals surface area contributed by atoms with Gasteiger partial charge >= 0.3 is 11.9 Å². The topological polar surface area (TPSA) is 70.4 Å². The number of carbonyl (C=O) groups is 2. The predicted octanol–water partition coefficient (Wildman–Crippen LogP) is 1.44. The molecule has 1 rings (SSSR count). The van der Waals surface area contributed by atoms with Gasteiger partial charge in [0, 0.05) is 7.05 Å². The highest BCUT2D eigenvalue weighted by Crippen LogP contribution is 2.21. The molecule has 0 spiro atoms. The zero-order chi connectivity index (χ0) is 14.6. The third-order valence-corrected chi connectivity index (χ3v) is 2.94. The van der Waals surface area contributed by atoms with Gasteiger partial charge in [0.05, 0.1) is 18.2 Å². The molecule has 6 heteroatoms. The van der Waals surface area contributed by atoms with E-state index >= 15 is 0 Å². The Balaban J connectivity index is 2.46. The van der Waals surface area contributed by atoms with E-state index in [1.807, 2.05) is 20.8 Å². The van der Waals surface area contributed by atoms with Gasteiger partial charge < -0.3 is 14.0 Å². The minimum Gasteiger partial charge on any atom is -0.454 e. The standard InChI is InChI=1S/C13H20N2O4/c1-9(13(2,3)4)19-12(17)11(16)18-7-10-6-14-8-15(10)5/h6,8-9H,7H2,1-5H3/t9-/m1/s1. The van der Waals surface area contributed by atoms with Gasteiger partial charge in [-0.15, -0.1) is 0 Å². The van der Waals surface area contributed by atoms with Gasteiger partial charge in [0.1, 0.15) is 12.7 Å². The first-order valence-corrected chi connectivity index (χ1v) is 6.04. The second-order valence-corrected chi connectivity index (χ2v) is 5.49. The lowest BCUT2D eigenvalue weighted by Crippen LogP contribution is -2.32. The molecule has 0 bridgehead atoms. The maximum atomic E-state index is 11.5. The summed E-state index contributed by atoms with van der Waals surface area (Å²) in [6.07, 6.45) is 2.78. The third kappa shape index (κ3) is 4.39. The monoisotopic (exact) mass is 268 g/mol. The highest BCUT2D eigenvalue weighted by Gasteiger charge is 2.27. The van der Waals surface area contributed by atoms with Crippen molar-refractivity contribution >= 4 is 11.9 Å². The highest BCUT2D eigenvalue weighted by molar-refractivity contribution is 6.29. The number of aromatic nitrogens is 2. The Kier molecular flexibility index (Phi) is 4.69. The molecule has 0 amide bonds. The number of hydrogen-bond acceptors (Lipinski definition) is 5. The van der Waals surface area contributed by atoms with Crippen LogP contribution < -0.4 is 0 Å². The van der Waals surface area contributed by atoms with E-state index in [0.29, 0.717) is 5.69 Å². The summed E-state index contributed by atoms with van der Waals surface area (Å²) in [5.41, 5.74) is 0.475. The van der Waals surface area contributed by atoms with Crippen LogP contribution >= 0.6 is 0 Å². The summed E-state index contributed by atoms with van der Waals surface area (Å²) in [6.45, 7) is 7.50. The van der Waals surface area contributed by atoms with Crippen LogP contribution in [0.3, 0.4) is 0 Å². The van der Waals surface area contributed by atoms with E-state index in [0.717, 1.165) is 0 Å². The summed E-state index contributed by atoms with van der Waals surface area (Å²) < 4.78 is 11.6. The molecule has 0 saturated heterocycles. The van der Waals surface area contributed by atoms with Crippen LogP contribution in [0.5, 0.6) is 0 Å². The molecule has 19 heavy (non-hydrogen) atoms. The molecule has 0 aliphatic rings. The Morgan fingerprint density at radius 1 is 1.37 bits per heavy atom. The molecule has 0 aliphatic carbocycles. The first-order chi connectivity index (χ1) is 8.71. The number of rotatable bonds is 3. The number of ether oxygens (including phenoxy) is 2. The van der Waals surface area contributed by atoms with Crippen LogP contribution in [0, 0.1) is 5.41 Å². The Bertz CT molecular complexity index is 459. The van der Waals surface area contributed by atoms with Crippen molar-refractivity contribution < 1.29 is 19.1 Å². The number of hydrogen-bond donors (Lipinski definition) is 0. The number of esters is 2. The van der Waals surface area contributed by atoms with Gasteiger partial charge in [0.25, 0.3) is 0 Å². The third-order valence-electron chi connectivity index (χ3n) is 2.94. The van der Waals surface area contributed by atoms with E-state index in [2.05, 4.69) is 4.98 Å². The van der Waals surface area contributed by atoms with Crippen molar-refractivity contribution in [2.45, 2.75) is 40.4 Å². The predicted molar refractivity (Wildman–Crippen MR) is 68.0 cm³/mol. The van der Waals surface area contributed by atoms with Gasteiger partial charge in [-0.2, -0.15) is 0 Å². The summed E-state index contributed by atoms with van der Waals surface area (Å²) >= 11 is 0. The first-order valence-electron chi connectivity index (χ1n) is 6.04. The van der Waals surface area contributed by atoms with Crippen LogP contribution in [0.4, 0.5) is 0 Å². The second kappa shape index (κ2) is 5.86. The molecule has 1 aromatic rings.